The third-order valence-electron chi connectivity index (χ3n) is 4.08. The van der Waals surface area contributed by atoms with E-state index in [0.717, 1.165) is 6.42 Å². The van der Waals surface area contributed by atoms with Gasteiger partial charge < -0.3 is 5.73 Å². The minimum Gasteiger partial charge on any atom is -0.330 e. The quantitative estimate of drug-likeness (QED) is 0.850. The Morgan fingerprint density at radius 3 is 2.78 bits per heavy atom. The highest BCUT2D eigenvalue weighted by Gasteiger charge is 2.39. The molecule has 1 aliphatic heterocycles. The summed E-state index contributed by atoms with van der Waals surface area (Å²) in [5, 5.41) is 10.9. The van der Waals surface area contributed by atoms with E-state index in [0.29, 0.717) is 25.3 Å². The number of tetrazole rings is 1. The van der Waals surface area contributed by atoms with Gasteiger partial charge in [-0.1, -0.05) is 13.0 Å². The molecule has 1 aliphatic rings. The van der Waals surface area contributed by atoms with Crippen LogP contribution < -0.4 is 5.73 Å². The van der Waals surface area contributed by atoms with Gasteiger partial charge >= 0.3 is 0 Å². The zero-order valence-corrected chi connectivity index (χ0v) is 14.3. The lowest BCUT2D eigenvalue weighted by Gasteiger charge is -2.22. The summed E-state index contributed by atoms with van der Waals surface area (Å²) in [4.78, 5) is 0.238. The summed E-state index contributed by atoms with van der Waals surface area (Å²) in [6.45, 7) is 3.43. The van der Waals surface area contributed by atoms with Crippen molar-refractivity contribution in [1.29, 1.82) is 0 Å². The summed E-state index contributed by atoms with van der Waals surface area (Å²) in [7, 11) is -3.54. The van der Waals surface area contributed by atoms with Gasteiger partial charge in [0, 0.05) is 13.1 Å². The highest BCUT2D eigenvalue weighted by atomic mass is 35.5. The molecule has 1 saturated heterocycles. The Morgan fingerprint density at radius 1 is 1.39 bits per heavy atom. The summed E-state index contributed by atoms with van der Waals surface area (Å²) in [5.74, 6) is 0. The molecule has 0 amide bonds. The van der Waals surface area contributed by atoms with Gasteiger partial charge in [0.2, 0.25) is 10.0 Å². The van der Waals surface area contributed by atoms with Crippen LogP contribution in [0.15, 0.2) is 35.5 Å². The van der Waals surface area contributed by atoms with Crippen molar-refractivity contribution in [1.82, 2.24) is 24.5 Å². The zero-order chi connectivity index (χ0) is 15.8. The molecule has 10 heteroatoms. The van der Waals surface area contributed by atoms with Gasteiger partial charge in [-0.25, -0.2) is 13.1 Å². The van der Waals surface area contributed by atoms with E-state index < -0.39 is 10.0 Å². The first-order valence-corrected chi connectivity index (χ1v) is 8.42. The second-order valence-electron chi connectivity index (χ2n) is 5.86. The molecule has 0 spiro atoms. The maximum absolute atomic E-state index is 12.8. The van der Waals surface area contributed by atoms with Crippen molar-refractivity contribution in [2.75, 3.05) is 19.6 Å². The molecule has 2 heterocycles. The van der Waals surface area contributed by atoms with Crippen LogP contribution in [0.1, 0.15) is 13.3 Å². The lowest BCUT2D eigenvalue weighted by atomic mass is 9.90. The smallest absolute Gasteiger partial charge is 0.243 e. The van der Waals surface area contributed by atoms with Gasteiger partial charge in [-0.2, -0.15) is 4.31 Å². The molecule has 0 aliphatic carbocycles. The normalized spacial score (nSPS) is 22.0. The summed E-state index contributed by atoms with van der Waals surface area (Å²) in [5.41, 5.74) is 6.20. The van der Waals surface area contributed by atoms with E-state index in [2.05, 4.69) is 15.5 Å². The predicted octanol–water partition coefficient (Wildman–Crippen LogP) is 0.444. The molecular weight excluding hydrogens is 340 g/mol. The molecule has 0 saturated carbocycles. The number of sulfonamides is 1. The highest BCUT2D eigenvalue weighted by molar-refractivity contribution is 7.89. The third kappa shape index (κ3) is 3.37. The Labute approximate surface area is 141 Å². The second kappa shape index (κ2) is 6.52. The van der Waals surface area contributed by atoms with E-state index >= 15 is 0 Å². The molecular formula is C13H19ClN6O2S. The molecule has 1 unspecified atom stereocenters. The molecule has 0 radical (unpaired) electrons. The van der Waals surface area contributed by atoms with Gasteiger partial charge in [0.1, 0.15) is 6.33 Å². The molecule has 1 aromatic heterocycles. The van der Waals surface area contributed by atoms with Crippen LogP contribution in [0.2, 0.25) is 0 Å². The monoisotopic (exact) mass is 358 g/mol. The third-order valence-corrected chi connectivity index (χ3v) is 5.93. The Kier molecular flexibility index (Phi) is 5.04. The van der Waals surface area contributed by atoms with Crippen LogP contribution in [0.3, 0.4) is 0 Å². The SMILES string of the molecule is CC1(CN)CCN(S(=O)(=O)c2cccc(-n3cnnn3)c2)C1.Cl. The summed E-state index contributed by atoms with van der Waals surface area (Å²) in [6, 6.07) is 6.59. The van der Waals surface area contributed by atoms with Crippen LogP contribution in [0, 0.1) is 5.41 Å². The van der Waals surface area contributed by atoms with Gasteiger partial charge in [0.05, 0.1) is 10.6 Å². The number of hydrogen-bond donors (Lipinski definition) is 1. The van der Waals surface area contributed by atoms with Crippen LogP contribution in [-0.4, -0.2) is 52.6 Å². The van der Waals surface area contributed by atoms with Gasteiger partial charge in [-0.3, -0.25) is 0 Å². The minimum absolute atomic E-state index is 0. The first kappa shape index (κ1) is 17.8. The van der Waals surface area contributed by atoms with Gasteiger partial charge in [0.25, 0.3) is 0 Å². The first-order valence-electron chi connectivity index (χ1n) is 6.98. The summed E-state index contributed by atoms with van der Waals surface area (Å²) < 4.78 is 28.5. The number of nitrogens with two attached hydrogens (primary N) is 1. The van der Waals surface area contributed by atoms with Crippen molar-refractivity contribution < 1.29 is 8.42 Å². The van der Waals surface area contributed by atoms with Gasteiger partial charge in [0.15, 0.2) is 0 Å². The van der Waals surface area contributed by atoms with E-state index in [1.165, 1.54) is 15.3 Å². The zero-order valence-electron chi connectivity index (χ0n) is 12.7. The number of nitrogens with zero attached hydrogens (tertiary/aromatic N) is 5. The van der Waals surface area contributed by atoms with E-state index in [1.807, 2.05) is 6.92 Å². The van der Waals surface area contributed by atoms with Crippen LogP contribution in [0.25, 0.3) is 5.69 Å². The minimum atomic E-state index is -3.54. The Balaban J connectivity index is 0.00000192. The molecule has 126 valence electrons. The lowest BCUT2D eigenvalue weighted by molar-refractivity contribution is 0.349. The molecule has 3 rings (SSSR count). The number of benzene rings is 1. The van der Waals surface area contributed by atoms with E-state index in [4.69, 9.17) is 5.73 Å². The van der Waals surface area contributed by atoms with E-state index in [1.54, 1.807) is 24.3 Å². The molecule has 2 N–H and O–H groups in total. The molecule has 0 bridgehead atoms. The van der Waals surface area contributed by atoms with Crippen LogP contribution in [0.5, 0.6) is 0 Å². The van der Waals surface area contributed by atoms with Gasteiger partial charge in [-0.05, 0) is 47.0 Å². The predicted molar refractivity (Wildman–Crippen MR) is 86.9 cm³/mol. The topological polar surface area (TPSA) is 107 Å². The lowest BCUT2D eigenvalue weighted by Crippen LogP contribution is -2.34. The van der Waals surface area contributed by atoms with Crippen molar-refractivity contribution in [3.63, 3.8) is 0 Å². The van der Waals surface area contributed by atoms with E-state index in [9.17, 15) is 8.42 Å². The van der Waals surface area contributed by atoms with Gasteiger partial charge in [-0.15, -0.1) is 17.5 Å². The van der Waals surface area contributed by atoms with E-state index in [-0.39, 0.29) is 22.7 Å². The Bertz CT molecular complexity index is 767. The number of aromatic nitrogens is 4. The largest absolute Gasteiger partial charge is 0.330 e. The average molecular weight is 359 g/mol. The Morgan fingerprint density at radius 2 is 2.17 bits per heavy atom. The van der Waals surface area contributed by atoms with Crippen LogP contribution >= 0.6 is 12.4 Å². The summed E-state index contributed by atoms with van der Waals surface area (Å²) in [6.07, 6.45) is 2.20. The summed E-state index contributed by atoms with van der Waals surface area (Å²) >= 11 is 0. The fraction of sp³-hybridized carbons (Fsp3) is 0.462. The second-order valence-corrected chi connectivity index (χ2v) is 7.79. The van der Waals surface area contributed by atoms with Crippen LogP contribution in [-0.2, 0) is 10.0 Å². The van der Waals surface area contributed by atoms with Crippen molar-refractivity contribution in [2.24, 2.45) is 11.1 Å². The molecule has 23 heavy (non-hydrogen) atoms. The van der Waals surface area contributed by atoms with Crippen molar-refractivity contribution in [2.45, 2.75) is 18.2 Å². The maximum Gasteiger partial charge on any atom is 0.243 e. The molecule has 1 atom stereocenters. The first-order chi connectivity index (χ1) is 10.4. The fourth-order valence-corrected chi connectivity index (χ4v) is 4.20. The van der Waals surface area contributed by atoms with Crippen molar-refractivity contribution in [3.8, 4) is 5.69 Å². The number of rotatable bonds is 4. The standard InChI is InChI=1S/C13H18N6O2S.ClH/c1-13(8-14)5-6-18(9-13)22(20,21)12-4-2-3-11(7-12)19-10-15-16-17-19;/h2-4,7,10H,5-6,8-9,14H2,1H3;1H. The molecule has 1 aromatic carbocycles. The molecule has 1 fully saturated rings. The fourth-order valence-electron chi connectivity index (χ4n) is 2.57. The number of halogens is 1. The highest BCUT2D eigenvalue weighted by Crippen LogP contribution is 2.32. The van der Waals surface area contributed by atoms with Crippen molar-refractivity contribution >= 4 is 22.4 Å². The molecule has 8 nitrogen and oxygen atoms in total. The van der Waals surface area contributed by atoms with Crippen LogP contribution in [0.4, 0.5) is 0 Å². The average Bonchev–Trinajstić information content (AvgIpc) is 3.18. The van der Waals surface area contributed by atoms with Crippen molar-refractivity contribution in [3.05, 3.63) is 30.6 Å². The number of hydrogen-bond acceptors (Lipinski definition) is 6. The maximum atomic E-state index is 12.8. The molecule has 2 aromatic rings. The Hall–Kier alpha value is -1.55.